The maximum absolute atomic E-state index is 5.64. The first kappa shape index (κ1) is 15.8. The molecule has 0 unspecified atom stereocenters. The van der Waals surface area contributed by atoms with Crippen molar-refractivity contribution in [3.8, 4) is 11.5 Å². The zero-order valence-corrected chi connectivity index (χ0v) is 12.8. The summed E-state index contributed by atoms with van der Waals surface area (Å²) in [5.41, 5.74) is 8.67. The molecule has 6 heteroatoms. The van der Waals surface area contributed by atoms with E-state index < -0.39 is 0 Å². The molecule has 0 aliphatic carbocycles. The number of nitrogens with zero attached hydrogens (tertiary/aromatic N) is 1. The molecule has 0 radical (unpaired) electrons. The summed E-state index contributed by atoms with van der Waals surface area (Å²) in [6, 6.07) is 17.2. The molecule has 114 valence electrons. The fourth-order valence-corrected chi connectivity index (χ4v) is 1.74. The van der Waals surface area contributed by atoms with Gasteiger partial charge in [-0.1, -0.05) is 30.3 Å². The number of rotatable bonds is 7. The molecule has 0 bridgehead atoms. The van der Waals surface area contributed by atoms with Crippen molar-refractivity contribution in [3.63, 3.8) is 0 Å². The Morgan fingerprint density at radius 3 is 2.45 bits per heavy atom. The third-order valence-corrected chi connectivity index (χ3v) is 2.70. The second-order valence-electron chi connectivity index (χ2n) is 4.32. The summed E-state index contributed by atoms with van der Waals surface area (Å²) in [7, 11) is 0. The fraction of sp³-hybridized carbons (Fsp3) is 0.125. The molecule has 0 amide bonds. The molecular formula is C16H17N3O2S. The van der Waals surface area contributed by atoms with Crippen molar-refractivity contribution < 1.29 is 9.47 Å². The van der Waals surface area contributed by atoms with E-state index in [1.165, 1.54) is 0 Å². The molecule has 2 rings (SSSR count). The number of hydrogen-bond donors (Lipinski definition) is 2. The van der Waals surface area contributed by atoms with Crippen molar-refractivity contribution in [1.29, 1.82) is 0 Å². The van der Waals surface area contributed by atoms with Crippen LogP contribution in [0.4, 0.5) is 0 Å². The van der Waals surface area contributed by atoms with Crippen LogP contribution in [0.25, 0.3) is 0 Å². The van der Waals surface area contributed by atoms with E-state index in [0.29, 0.717) is 13.2 Å². The van der Waals surface area contributed by atoms with Crippen molar-refractivity contribution in [1.82, 2.24) is 5.43 Å². The van der Waals surface area contributed by atoms with Gasteiger partial charge in [0.1, 0.15) is 24.7 Å². The van der Waals surface area contributed by atoms with E-state index in [0.717, 1.165) is 17.1 Å². The summed E-state index contributed by atoms with van der Waals surface area (Å²) in [6.45, 7) is 0.936. The van der Waals surface area contributed by atoms with Gasteiger partial charge in [-0.05, 0) is 42.0 Å². The molecule has 0 saturated carbocycles. The van der Waals surface area contributed by atoms with Crippen LogP contribution in [0, 0.1) is 0 Å². The van der Waals surface area contributed by atoms with Crippen LogP contribution in [-0.2, 0) is 0 Å². The molecule has 0 fully saturated rings. The van der Waals surface area contributed by atoms with Gasteiger partial charge in [0.25, 0.3) is 0 Å². The second-order valence-corrected chi connectivity index (χ2v) is 4.76. The van der Waals surface area contributed by atoms with Crippen LogP contribution in [0.15, 0.2) is 59.7 Å². The number of nitrogens with two attached hydrogens (primary N) is 1. The number of hydrazone groups is 1. The Morgan fingerprint density at radius 2 is 1.73 bits per heavy atom. The molecule has 0 atom stereocenters. The highest BCUT2D eigenvalue weighted by molar-refractivity contribution is 7.80. The predicted molar refractivity (Wildman–Crippen MR) is 91.4 cm³/mol. The lowest BCUT2D eigenvalue weighted by atomic mass is 10.2. The Balaban J connectivity index is 1.78. The Labute approximate surface area is 134 Å². The van der Waals surface area contributed by atoms with Gasteiger partial charge in [0.15, 0.2) is 5.11 Å². The fourth-order valence-electron chi connectivity index (χ4n) is 1.69. The Kier molecular flexibility index (Phi) is 6.19. The molecule has 5 nitrogen and oxygen atoms in total. The zero-order valence-electron chi connectivity index (χ0n) is 11.9. The molecule has 0 spiro atoms. The van der Waals surface area contributed by atoms with Gasteiger partial charge in [-0.2, -0.15) is 5.10 Å². The summed E-state index contributed by atoms with van der Waals surface area (Å²) in [4.78, 5) is 0. The van der Waals surface area contributed by atoms with E-state index in [-0.39, 0.29) is 5.11 Å². The molecule has 0 aromatic heterocycles. The van der Waals surface area contributed by atoms with Gasteiger partial charge < -0.3 is 15.2 Å². The molecule has 0 aliphatic heterocycles. The van der Waals surface area contributed by atoms with Gasteiger partial charge in [0, 0.05) is 0 Å². The van der Waals surface area contributed by atoms with Gasteiger partial charge in [0.2, 0.25) is 0 Å². The zero-order chi connectivity index (χ0) is 15.6. The van der Waals surface area contributed by atoms with E-state index >= 15 is 0 Å². The Morgan fingerprint density at radius 1 is 1.05 bits per heavy atom. The highest BCUT2D eigenvalue weighted by Crippen LogP contribution is 2.12. The standard InChI is InChI=1S/C16H17N3O2S/c17-16(22)19-18-12-13-5-4-8-15(11-13)21-10-9-20-14-6-2-1-3-7-14/h1-8,11-12H,9-10H2,(H3,17,19,22). The van der Waals surface area contributed by atoms with Crippen LogP contribution in [0.2, 0.25) is 0 Å². The number of thiocarbonyl (C=S) groups is 1. The summed E-state index contributed by atoms with van der Waals surface area (Å²) >= 11 is 4.66. The number of ether oxygens (including phenoxy) is 2. The molecule has 0 saturated heterocycles. The number of para-hydroxylation sites is 1. The largest absolute Gasteiger partial charge is 0.490 e. The summed E-state index contributed by atoms with van der Waals surface area (Å²) in [6.07, 6.45) is 1.62. The van der Waals surface area contributed by atoms with Crippen molar-refractivity contribution in [2.75, 3.05) is 13.2 Å². The van der Waals surface area contributed by atoms with Crippen LogP contribution in [0.3, 0.4) is 0 Å². The molecule has 0 aliphatic rings. The normalized spacial score (nSPS) is 10.4. The topological polar surface area (TPSA) is 68.9 Å². The van der Waals surface area contributed by atoms with Crippen LogP contribution < -0.4 is 20.6 Å². The lowest BCUT2D eigenvalue weighted by Crippen LogP contribution is -2.23. The SMILES string of the molecule is NC(=S)NN=Cc1cccc(OCCOc2ccccc2)c1. The summed E-state index contributed by atoms with van der Waals surface area (Å²) in [5, 5.41) is 4.02. The maximum Gasteiger partial charge on any atom is 0.184 e. The second kappa shape index (κ2) is 8.63. The number of nitrogens with one attached hydrogen (secondary N) is 1. The van der Waals surface area contributed by atoms with E-state index in [4.69, 9.17) is 15.2 Å². The highest BCUT2D eigenvalue weighted by atomic mass is 32.1. The number of hydrogen-bond acceptors (Lipinski definition) is 4. The first-order chi connectivity index (χ1) is 10.7. The van der Waals surface area contributed by atoms with E-state index in [9.17, 15) is 0 Å². The smallest absolute Gasteiger partial charge is 0.184 e. The van der Waals surface area contributed by atoms with Crippen molar-refractivity contribution in [3.05, 3.63) is 60.2 Å². The maximum atomic E-state index is 5.64. The van der Waals surface area contributed by atoms with E-state index in [2.05, 4.69) is 22.7 Å². The van der Waals surface area contributed by atoms with Crippen LogP contribution >= 0.6 is 12.2 Å². The minimum Gasteiger partial charge on any atom is -0.490 e. The molecule has 0 heterocycles. The van der Waals surface area contributed by atoms with Crippen molar-refractivity contribution >= 4 is 23.5 Å². The van der Waals surface area contributed by atoms with Crippen LogP contribution in [0.1, 0.15) is 5.56 Å². The average Bonchev–Trinajstić information content (AvgIpc) is 2.53. The quantitative estimate of drug-likeness (QED) is 0.355. The molecule has 3 N–H and O–H groups in total. The van der Waals surface area contributed by atoms with Gasteiger partial charge in [-0.15, -0.1) is 0 Å². The lowest BCUT2D eigenvalue weighted by Gasteiger charge is -2.08. The Hall–Kier alpha value is -2.60. The van der Waals surface area contributed by atoms with Crippen LogP contribution in [-0.4, -0.2) is 24.5 Å². The Bertz CT molecular complexity index is 632. The minimum atomic E-state index is 0.127. The van der Waals surface area contributed by atoms with Crippen LogP contribution in [0.5, 0.6) is 11.5 Å². The first-order valence-electron chi connectivity index (χ1n) is 6.73. The van der Waals surface area contributed by atoms with Crippen molar-refractivity contribution in [2.24, 2.45) is 10.8 Å². The first-order valence-corrected chi connectivity index (χ1v) is 7.14. The van der Waals surface area contributed by atoms with E-state index in [1.54, 1.807) is 6.21 Å². The third kappa shape index (κ3) is 5.80. The molecule has 2 aromatic rings. The summed E-state index contributed by atoms with van der Waals surface area (Å²) in [5.74, 6) is 1.58. The predicted octanol–water partition coefficient (Wildman–Crippen LogP) is 2.31. The minimum absolute atomic E-state index is 0.127. The van der Waals surface area contributed by atoms with E-state index in [1.807, 2.05) is 54.6 Å². The average molecular weight is 315 g/mol. The van der Waals surface area contributed by atoms with Crippen molar-refractivity contribution in [2.45, 2.75) is 0 Å². The third-order valence-electron chi connectivity index (χ3n) is 2.61. The monoisotopic (exact) mass is 315 g/mol. The number of benzene rings is 2. The van der Waals surface area contributed by atoms with Gasteiger partial charge >= 0.3 is 0 Å². The molecule has 22 heavy (non-hydrogen) atoms. The summed E-state index contributed by atoms with van der Waals surface area (Å²) < 4.78 is 11.2. The van der Waals surface area contributed by atoms with Gasteiger partial charge in [0.05, 0.1) is 6.21 Å². The molecule has 2 aromatic carbocycles. The molecular weight excluding hydrogens is 298 g/mol. The van der Waals surface area contributed by atoms with Gasteiger partial charge in [-0.25, -0.2) is 0 Å². The van der Waals surface area contributed by atoms with Gasteiger partial charge in [-0.3, -0.25) is 5.43 Å². The lowest BCUT2D eigenvalue weighted by molar-refractivity contribution is 0.217. The highest BCUT2D eigenvalue weighted by Gasteiger charge is 1.97.